The Balaban J connectivity index is 2.19. The summed E-state index contributed by atoms with van der Waals surface area (Å²) >= 11 is -0.706. The second-order valence-electron chi connectivity index (χ2n) is 4.38. The second-order valence-corrected chi connectivity index (χ2v) is 6.41. The molecule has 2 aromatic carbocycles. The van der Waals surface area contributed by atoms with Gasteiger partial charge >= 0.3 is 119 Å². The summed E-state index contributed by atoms with van der Waals surface area (Å²) in [4.78, 5) is 4.43. The van der Waals surface area contributed by atoms with Gasteiger partial charge in [0.25, 0.3) is 0 Å². The first-order valence-corrected chi connectivity index (χ1v) is 8.08. The van der Waals surface area contributed by atoms with Crippen LogP contribution >= 0.6 is 0 Å². The van der Waals surface area contributed by atoms with E-state index in [2.05, 4.69) is 4.98 Å². The molecule has 0 aliphatic heterocycles. The van der Waals surface area contributed by atoms with E-state index < -0.39 is 26.5 Å². The minimum absolute atomic E-state index is 0.573. The number of para-hydroxylation sites is 1. The Morgan fingerprint density at radius 2 is 1.45 bits per heavy atom. The average Bonchev–Trinajstić information content (AvgIpc) is 2.44. The van der Waals surface area contributed by atoms with Gasteiger partial charge in [0.15, 0.2) is 0 Å². The van der Waals surface area contributed by atoms with Crippen LogP contribution in [0.1, 0.15) is 0 Å². The van der Waals surface area contributed by atoms with Crippen molar-refractivity contribution in [3.8, 4) is 0 Å². The first kappa shape index (κ1) is 13.4. The van der Waals surface area contributed by atoms with Crippen LogP contribution in [0.3, 0.4) is 0 Å². The number of hydrogen-bond acceptors (Lipinski definition) is 1. The van der Waals surface area contributed by atoms with Gasteiger partial charge in [-0.3, -0.25) is 0 Å². The number of hydrogen-bond donors (Lipinski definition) is 0. The number of aromatic nitrogens is 1. The first-order valence-electron chi connectivity index (χ1n) is 6.02. The van der Waals surface area contributed by atoms with E-state index in [4.69, 9.17) is 0 Å². The molecule has 0 aliphatic rings. The zero-order valence-corrected chi connectivity index (χ0v) is 12.0. The molecule has 0 bridgehead atoms. The van der Waals surface area contributed by atoms with Crippen LogP contribution in [0.2, 0.25) is 5.32 Å². The summed E-state index contributed by atoms with van der Waals surface area (Å²) in [6, 6.07) is 15.1. The van der Waals surface area contributed by atoms with E-state index in [0.717, 1.165) is 21.7 Å². The molecule has 0 N–H and O–H groups in total. The molecule has 1 aromatic heterocycles. The number of fused-ring (bicyclic) bond motifs is 3. The molecule has 0 radical (unpaired) electrons. The van der Waals surface area contributed by atoms with Crippen molar-refractivity contribution in [3.05, 3.63) is 48.5 Å². The Bertz CT molecular complexity index is 768. The van der Waals surface area contributed by atoms with Crippen LogP contribution in [-0.2, 0) is 0 Å². The van der Waals surface area contributed by atoms with Crippen molar-refractivity contribution in [1.82, 2.24) is 4.98 Å². The predicted octanol–water partition coefficient (Wildman–Crippen LogP) is 3.70. The van der Waals surface area contributed by atoms with E-state index in [1.165, 1.54) is 0 Å². The number of nitrogens with zero attached hydrogens (tertiary/aromatic N) is 1. The summed E-state index contributed by atoms with van der Waals surface area (Å²) in [5.74, 6) is 0. The van der Waals surface area contributed by atoms with Crippen molar-refractivity contribution in [2.24, 2.45) is 0 Å². The van der Waals surface area contributed by atoms with Gasteiger partial charge in [-0.05, 0) is 0 Å². The number of halogens is 3. The van der Waals surface area contributed by atoms with Crippen molar-refractivity contribution in [2.75, 3.05) is 0 Å². The van der Waals surface area contributed by atoms with Crippen molar-refractivity contribution >= 4 is 41.2 Å². The van der Waals surface area contributed by atoms with Crippen molar-refractivity contribution in [2.45, 2.75) is 11.5 Å². The van der Waals surface area contributed by atoms with Gasteiger partial charge in [-0.2, -0.15) is 0 Å². The second kappa shape index (κ2) is 5.08. The molecule has 0 atom stereocenters. The standard InChI is InChI=1S/C15H10F3NSe/c16-15(17,18)9-20-14-12-7-2-1-5-10(12)11-6-3-4-8-13(11)19-14/h1-8H,9H2. The third-order valence-electron chi connectivity index (χ3n) is 2.95. The molecule has 1 heterocycles. The number of benzene rings is 2. The fourth-order valence-corrected chi connectivity index (χ4v) is 3.80. The predicted molar refractivity (Wildman–Crippen MR) is 75.5 cm³/mol. The molecule has 0 spiro atoms. The van der Waals surface area contributed by atoms with Crippen LogP contribution in [0.5, 0.6) is 0 Å². The Hall–Kier alpha value is -1.58. The molecule has 0 saturated heterocycles. The molecule has 1 nitrogen and oxygen atoms in total. The maximum absolute atomic E-state index is 12.4. The monoisotopic (exact) mass is 341 g/mol. The fraction of sp³-hybridized carbons (Fsp3) is 0.133. The molecule has 0 saturated carbocycles. The molecule has 0 amide bonds. The summed E-state index contributed by atoms with van der Waals surface area (Å²) in [5, 5.41) is 2.00. The zero-order valence-electron chi connectivity index (χ0n) is 10.3. The molecule has 0 unspecified atom stereocenters. The number of alkyl halides is 3. The topological polar surface area (TPSA) is 12.9 Å². The molecule has 5 heteroatoms. The van der Waals surface area contributed by atoms with Crippen molar-refractivity contribution in [1.29, 1.82) is 0 Å². The van der Waals surface area contributed by atoms with E-state index in [1.807, 2.05) is 48.5 Å². The van der Waals surface area contributed by atoms with Gasteiger partial charge in [0.1, 0.15) is 0 Å². The van der Waals surface area contributed by atoms with E-state index in [0.29, 0.717) is 4.59 Å². The van der Waals surface area contributed by atoms with Crippen LogP contribution in [0, 0.1) is 0 Å². The minimum atomic E-state index is -4.13. The summed E-state index contributed by atoms with van der Waals surface area (Å²) in [7, 11) is 0. The SMILES string of the molecule is FC(F)(F)C[Se]c1nc2ccccc2c2ccccc12. The van der Waals surface area contributed by atoms with Crippen LogP contribution in [0.15, 0.2) is 48.5 Å². The molecular formula is C15H10F3NSe. The molecule has 102 valence electrons. The molecule has 20 heavy (non-hydrogen) atoms. The summed E-state index contributed by atoms with van der Waals surface area (Å²) in [5.41, 5.74) is 0.755. The van der Waals surface area contributed by atoms with Gasteiger partial charge < -0.3 is 0 Å². The van der Waals surface area contributed by atoms with Crippen LogP contribution in [0.25, 0.3) is 21.7 Å². The Kier molecular flexibility index (Phi) is 3.40. The molecule has 0 fully saturated rings. The van der Waals surface area contributed by atoms with Crippen molar-refractivity contribution in [3.63, 3.8) is 0 Å². The number of rotatable bonds is 2. The van der Waals surface area contributed by atoms with E-state index in [9.17, 15) is 13.2 Å². The molecular weight excluding hydrogens is 330 g/mol. The van der Waals surface area contributed by atoms with Gasteiger partial charge in [-0.1, -0.05) is 0 Å². The zero-order chi connectivity index (χ0) is 14.2. The average molecular weight is 340 g/mol. The summed E-state index contributed by atoms with van der Waals surface area (Å²) in [6.07, 6.45) is -4.13. The van der Waals surface area contributed by atoms with E-state index >= 15 is 0 Å². The third kappa shape index (κ3) is 2.64. The number of pyridine rings is 1. The molecule has 3 rings (SSSR count). The van der Waals surface area contributed by atoms with Crippen molar-refractivity contribution < 1.29 is 13.2 Å². The van der Waals surface area contributed by atoms with Gasteiger partial charge in [0.05, 0.1) is 0 Å². The van der Waals surface area contributed by atoms with Gasteiger partial charge in [-0.15, -0.1) is 0 Å². The van der Waals surface area contributed by atoms with Crippen LogP contribution in [0.4, 0.5) is 13.2 Å². The van der Waals surface area contributed by atoms with E-state index in [1.54, 1.807) is 0 Å². The Morgan fingerprint density at radius 3 is 2.15 bits per heavy atom. The third-order valence-corrected chi connectivity index (χ3v) is 5.16. The van der Waals surface area contributed by atoms with Crippen LogP contribution < -0.4 is 4.59 Å². The first-order chi connectivity index (χ1) is 9.54. The van der Waals surface area contributed by atoms with E-state index in [-0.39, 0.29) is 0 Å². The van der Waals surface area contributed by atoms with Gasteiger partial charge in [0, 0.05) is 0 Å². The van der Waals surface area contributed by atoms with Gasteiger partial charge in [-0.25, -0.2) is 0 Å². The molecule has 0 aliphatic carbocycles. The maximum atomic E-state index is 12.4. The van der Waals surface area contributed by atoms with Crippen LogP contribution in [-0.4, -0.2) is 26.1 Å². The quantitative estimate of drug-likeness (QED) is 0.512. The summed E-state index contributed by atoms with van der Waals surface area (Å²) < 4.78 is 37.9. The van der Waals surface area contributed by atoms with Gasteiger partial charge in [0.2, 0.25) is 0 Å². The molecule has 3 aromatic rings. The summed E-state index contributed by atoms with van der Waals surface area (Å²) in [6.45, 7) is 0. The Morgan fingerprint density at radius 1 is 0.850 bits per heavy atom. The Labute approximate surface area is 120 Å². The normalized spacial score (nSPS) is 12.2. The fourth-order valence-electron chi connectivity index (χ4n) is 2.13.